The van der Waals surface area contributed by atoms with Gasteiger partial charge in [-0.1, -0.05) is 0 Å². The van der Waals surface area contributed by atoms with Gasteiger partial charge in [0, 0.05) is 7.05 Å². The van der Waals surface area contributed by atoms with Gasteiger partial charge in [0.2, 0.25) is 11.8 Å². The smallest absolute Gasteiger partial charge is 0.410 e. The first-order valence-electron chi connectivity index (χ1n) is 6.92. The second-order valence-electron chi connectivity index (χ2n) is 5.94. The van der Waals surface area contributed by atoms with Crippen molar-refractivity contribution in [2.75, 3.05) is 7.05 Å². The Hall–Kier alpha value is -2.31. The third-order valence-electron chi connectivity index (χ3n) is 2.82. The lowest BCUT2D eigenvalue weighted by Crippen LogP contribution is -2.49. The average molecular weight is 310 g/mol. The monoisotopic (exact) mass is 310 g/mol. The van der Waals surface area contributed by atoms with E-state index in [1.807, 2.05) is 0 Å². The number of ether oxygens (including phenoxy) is 1. The van der Waals surface area contributed by atoms with E-state index in [4.69, 9.17) is 9.15 Å². The van der Waals surface area contributed by atoms with Gasteiger partial charge in [0.05, 0.1) is 12.7 Å². The molecule has 0 radical (unpaired) electrons. The van der Waals surface area contributed by atoms with E-state index in [0.717, 1.165) is 4.90 Å². The van der Waals surface area contributed by atoms with Crippen LogP contribution in [0.1, 0.15) is 33.5 Å². The summed E-state index contributed by atoms with van der Waals surface area (Å²) in [4.78, 5) is 36.7. The van der Waals surface area contributed by atoms with Crippen LogP contribution in [-0.2, 0) is 20.7 Å². The predicted octanol–water partition coefficient (Wildman–Crippen LogP) is 1.72. The molecule has 0 bridgehead atoms. The molecule has 0 fully saturated rings. The molecule has 0 aliphatic carbocycles. The molecule has 1 aromatic rings. The number of hydrogen-bond donors (Lipinski definition) is 1. The Balaban J connectivity index is 2.53. The van der Waals surface area contributed by atoms with Crippen LogP contribution in [-0.4, -0.2) is 41.5 Å². The van der Waals surface area contributed by atoms with Crippen molar-refractivity contribution < 1.29 is 23.5 Å². The van der Waals surface area contributed by atoms with Crippen molar-refractivity contribution in [3.8, 4) is 0 Å². The van der Waals surface area contributed by atoms with E-state index >= 15 is 0 Å². The Morgan fingerprint density at radius 1 is 1.36 bits per heavy atom. The molecule has 122 valence electrons. The van der Waals surface area contributed by atoms with E-state index in [1.165, 1.54) is 20.2 Å². The number of nitrogens with one attached hydrogen (secondary N) is 1. The zero-order valence-corrected chi connectivity index (χ0v) is 13.5. The van der Waals surface area contributed by atoms with Crippen LogP contribution in [0.2, 0.25) is 0 Å². The fourth-order valence-electron chi connectivity index (χ4n) is 1.53. The van der Waals surface area contributed by atoms with Crippen LogP contribution < -0.4 is 5.32 Å². The summed E-state index contributed by atoms with van der Waals surface area (Å²) in [5.41, 5.74) is -0.656. The Kier molecular flexibility index (Phi) is 5.73. The lowest BCUT2D eigenvalue weighted by molar-refractivity contribution is -0.132. The van der Waals surface area contributed by atoms with Gasteiger partial charge in [-0.3, -0.25) is 19.8 Å². The number of hydrogen-bond acceptors (Lipinski definition) is 5. The molecule has 1 aromatic heterocycles. The van der Waals surface area contributed by atoms with Crippen LogP contribution in [0.15, 0.2) is 22.8 Å². The number of furan rings is 1. The summed E-state index contributed by atoms with van der Waals surface area (Å²) < 4.78 is 10.2. The van der Waals surface area contributed by atoms with E-state index in [1.54, 1.807) is 32.9 Å². The normalized spacial score (nSPS) is 12.4. The first kappa shape index (κ1) is 17.7. The molecule has 22 heavy (non-hydrogen) atoms. The zero-order valence-electron chi connectivity index (χ0n) is 13.5. The van der Waals surface area contributed by atoms with Gasteiger partial charge in [-0.25, -0.2) is 4.79 Å². The summed E-state index contributed by atoms with van der Waals surface area (Å²) in [5.74, 6) is -0.618. The number of imide groups is 1. The SMILES string of the molecule is C[C@H](C(=O)NC(=O)Cc1ccco1)N(C)C(=O)OC(C)(C)C. The van der Waals surface area contributed by atoms with E-state index in [9.17, 15) is 14.4 Å². The molecule has 7 heteroatoms. The lowest BCUT2D eigenvalue weighted by Gasteiger charge is -2.27. The molecule has 0 spiro atoms. The molecule has 0 aliphatic rings. The quantitative estimate of drug-likeness (QED) is 0.914. The van der Waals surface area contributed by atoms with Crippen molar-refractivity contribution in [2.24, 2.45) is 0 Å². The summed E-state index contributed by atoms with van der Waals surface area (Å²) >= 11 is 0. The molecule has 1 atom stereocenters. The highest BCUT2D eigenvalue weighted by atomic mass is 16.6. The molecule has 0 saturated heterocycles. The van der Waals surface area contributed by atoms with E-state index in [0.29, 0.717) is 5.76 Å². The van der Waals surface area contributed by atoms with Crippen LogP contribution in [0.4, 0.5) is 4.79 Å². The van der Waals surface area contributed by atoms with Crippen LogP contribution in [0, 0.1) is 0 Å². The van der Waals surface area contributed by atoms with Crippen molar-refractivity contribution in [1.29, 1.82) is 0 Å². The Bertz CT molecular complexity index is 531. The lowest BCUT2D eigenvalue weighted by atomic mass is 10.2. The second kappa shape index (κ2) is 7.11. The van der Waals surface area contributed by atoms with Gasteiger partial charge in [-0.15, -0.1) is 0 Å². The minimum Gasteiger partial charge on any atom is -0.469 e. The number of carbonyl (C=O) groups is 3. The maximum atomic E-state index is 12.0. The Labute approximate surface area is 129 Å². The number of amides is 3. The molecule has 0 unspecified atom stereocenters. The van der Waals surface area contributed by atoms with Crippen LogP contribution >= 0.6 is 0 Å². The van der Waals surface area contributed by atoms with Crippen molar-refractivity contribution in [1.82, 2.24) is 10.2 Å². The zero-order chi connectivity index (χ0) is 16.9. The molecule has 1 heterocycles. The summed E-state index contributed by atoms with van der Waals surface area (Å²) in [6, 6.07) is 2.46. The Morgan fingerprint density at radius 2 is 2.00 bits per heavy atom. The number of rotatable bonds is 4. The maximum absolute atomic E-state index is 12.0. The third-order valence-corrected chi connectivity index (χ3v) is 2.82. The first-order valence-corrected chi connectivity index (χ1v) is 6.92. The summed E-state index contributed by atoms with van der Waals surface area (Å²) in [7, 11) is 1.44. The second-order valence-corrected chi connectivity index (χ2v) is 5.94. The number of likely N-dealkylation sites (N-methyl/N-ethyl adjacent to an activating group) is 1. The fourth-order valence-corrected chi connectivity index (χ4v) is 1.53. The average Bonchev–Trinajstić information content (AvgIpc) is 2.87. The van der Waals surface area contributed by atoms with Gasteiger partial charge >= 0.3 is 6.09 Å². The minimum atomic E-state index is -0.838. The third kappa shape index (κ3) is 5.59. The topological polar surface area (TPSA) is 88.9 Å². The van der Waals surface area contributed by atoms with Gasteiger partial charge in [0.25, 0.3) is 0 Å². The predicted molar refractivity (Wildman–Crippen MR) is 79.0 cm³/mol. The maximum Gasteiger partial charge on any atom is 0.410 e. The number of nitrogens with zero attached hydrogens (tertiary/aromatic N) is 1. The fraction of sp³-hybridized carbons (Fsp3) is 0.533. The molecular formula is C15H22N2O5. The van der Waals surface area contributed by atoms with Crippen molar-refractivity contribution in [3.05, 3.63) is 24.2 Å². The highest BCUT2D eigenvalue weighted by Gasteiger charge is 2.27. The molecule has 0 aliphatic heterocycles. The van der Waals surface area contributed by atoms with Crippen molar-refractivity contribution in [2.45, 2.75) is 45.8 Å². The van der Waals surface area contributed by atoms with E-state index in [2.05, 4.69) is 5.32 Å². The van der Waals surface area contributed by atoms with Gasteiger partial charge in [-0.05, 0) is 39.8 Å². The summed E-state index contributed by atoms with van der Waals surface area (Å²) in [6.45, 7) is 6.71. The molecule has 1 N–H and O–H groups in total. The summed E-state index contributed by atoms with van der Waals surface area (Å²) in [6.07, 6.45) is 0.777. The number of carbonyl (C=O) groups excluding carboxylic acids is 3. The van der Waals surface area contributed by atoms with Crippen molar-refractivity contribution in [3.63, 3.8) is 0 Å². The summed E-state index contributed by atoms with van der Waals surface area (Å²) in [5, 5.41) is 2.23. The molecule has 0 aromatic carbocycles. The Morgan fingerprint density at radius 3 is 2.50 bits per heavy atom. The molecule has 3 amide bonds. The standard InChI is InChI=1S/C15H22N2O5/c1-10(17(5)14(20)22-15(2,3)4)13(19)16-12(18)9-11-7-6-8-21-11/h6-8,10H,9H2,1-5H3,(H,16,18,19)/t10-/m1/s1. The minimum absolute atomic E-state index is 0.0401. The first-order chi connectivity index (χ1) is 10.1. The molecule has 1 rings (SSSR count). The molecule has 0 saturated carbocycles. The highest BCUT2D eigenvalue weighted by Crippen LogP contribution is 2.10. The van der Waals surface area contributed by atoms with E-state index < -0.39 is 29.6 Å². The van der Waals surface area contributed by atoms with Crippen LogP contribution in [0.25, 0.3) is 0 Å². The largest absolute Gasteiger partial charge is 0.469 e. The van der Waals surface area contributed by atoms with Crippen molar-refractivity contribution >= 4 is 17.9 Å². The van der Waals surface area contributed by atoms with Crippen LogP contribution in [0.5, 0.6) is 0 Å². The van der Waals surface area contributed by atoms with Gasteiger partial charge < -0.3 is 9.15 Å². The highest BCUT2D eigenvalue weighted by molar-refractivity contribution is 5.99. The van der Waals surface area contributed by atoms with Gasteiger partial charge in [-0.2, -0.15) is 0 Å². The van der Waals surface area contributed by atoms with Gasteiger partial charge in [0.15, 0.2) is 0 Å². The van der Waals surface area contributed by atoms with Crippen LogP contribution in [0.3, 0.4) is 0 Å². The molecular weight excluding hydrogens is 288 g/mol. The van der Waals surface area contributed by atoms with Gasteiger partial charge in [0.1, 0.15) is 17.4 Å². The molecule has 7 nitrogen and oxygen atoms in total. The van der Waals surface area contributed by atoms with E-state index in [-0.39, 0.29) is 6.42 Å².